The summed E-state index contributed by atoms with van der Waals surface area (Å²) in [5, 5.41) is 3.11. The minimum atomic E-state index is -2.83. The summed E-state index contributed by atoms with van der Waals surface area (Å²) >= 11 is 4.04. The van der Waals surface area contributed by atoms with Gasteiger partial charge in [-0.1, -0.05) is 6.07 Å². The topological polar surface area (TPSA) is 34.1 Å². The van der Waals surface area contributed by atoms with Gasteiger partial charge in [-0.15, -0.1) is 0 Å². The molecule has 3 nitrogen and oxygen atoms in total. The number of halogens is 2. The molecule has 84 valence electrons. The molecule has 1 rings (SSSR count). The van der Waals surface area contributed by atoms with Crippen LogP contribution in [-0.4, -0.2) is 23.9 Å². The van der Waals surface area contributed by atoms with Crippen LogP contribution in [-0.2, 0) is 6.54 Å². The summed E-state index contributed by atoms with van der Waals surface area (Å²) in [6.07, 6.45) is 1.50. The molecule has 0 aliphatic heterocycles. The molecule has 0 bridgehead atoms. The van der Waals surface area contributed by atoms with Gasteiger partial charge in [0.05, 0.1) is 0 Å². The molecule has 1 N–H and O–H groups in total. The number of ether oxygens (including phenoxy) is 1. The van der Waals surface area contributed by atoms with Crippen molar-refractivity contribution in [2.24, 2.45) is 0 Å². The Balaban J connectivity index is 2.42. The molecule has 1 aromatic heterocycles. The standard InChI is InChI=1S/C9H12F2N2OS/c10-9(11)14-8-2-1-7(6-13-8)5-12-3-4-15/h1-2,6,9,12,15H,3-5H2. The van der Waals surface area contributed by atoms with Crippen molar-refractivity contribution in [3.8, 4) is 5.88 Å². The van der Waals surface area contributed by atoms with Crippen molar-refractivity contribution in [2.75, 3.05) is 12.3 Å². The second-order valence-corrected chi connectivity index (χ2v) is 3.23. The van der Waals surface area contributed by atoms with Crippen LogP contribution >= 0.6 is 12.6 Å². The lowest BCUT2D eigenvalue weighted by Crippen LogP contribution is -2.15. The Labute approximate surface area is 92.3 Å². The number of aromatic nitrogens is 1. The first-order valence-electron chi connectivity index (χ1n) is 4.43. The maximum atomic E-state index is 11.8. The van der Waals surface area contributed by atoms with Crippen LogP contribution in [0.25, 0.3) is 0 Å². The molecule has 0 unspecified atom stereocenters. The van der Waals surface area contributed by atoms with Gasteiger partial charge in [0.15, 0.2) is 0 Å². The van der Waals surface area contributed by atoms with Crippen LogP contribution in [0.2, 0.25) is 0 Å². The third-order valence-corrected chi connectivity index (χ3v) is 1.85. The van der Waals surface area contributed by atoms with Gasteiger partial charge in [0, 0.05) is 31.1 Å². The van der Waals surface area contributed by atoms with Crippen molar-refractivity contribution >= 4 is 12.6 Å². The van der Waals surface area contributed by atoms with Crippen molar-refractivity contribution < 1.29 is 13.5 Å². The molecule has 1 aromatic rings. The number of thiol groups is 1. The van der Waals surface area contributed by atoms with Crippen molar-refractivity contribution in [2.45, 2.75) is 13.2 Å². The molecule has 15 heavy (non-hydrogen) atoms. The molecule has 0 aliphatic rings. The van der Waals surface area contributed by atoms with E-state index in [-0.39, 0.29) is 5.88 Å². The predicted octanol–water partition coefficient (Wildman–Crippen LogP) is 1.70. The fraction of sp³-hybridized carbons (Fsp3) is 0.444. The third-order valence-electron chi connectivity index (χ3n) is 1.63. The maximum absolute atomic E-state index is 11.8. The summed E-state index contributed by atoms with van der Waals surface area (Å²) in [5.74, 6) is 0.683. The fourth-order valence-corrected chi connectivity index (χ4v) is 1.15. The maximum Gasteiger partial charge on any atom is 0.388 e. The Hall–Kier alpha value is -0.880. The van der Waals surface area contributed by atoms with Crippen LogP contribution < -0.4 is 10.1 Å². The first-order chi connectivity index (χ1) is 7.22. The van der Waals surface area contributed by atoms with Gasteiger partial charge in [0.2, 0.25) is 5.88 Å². The normalized spacial score (nSPS) is 10.7. The number of alkyl halides is 2. The molecule has 0 saturated carbocycles. The number of rotatable bonds is 6. The number of nitrogens with zero attached hydrogens (tertiary/aromatic N) is 1. The van der Waals surface area contributed by atoms with Crippen molar-refractivity contribution in [1.29, 1.82) is 0 Å². The molecule has 0 atom stereocenters. The summed E-state index contributed by atoms with van der Waals surface area (Å²) in [6, 6.07) is 3.11. The van der Waals surface area contributed by atoms with Gasteiger partial charge in [-0.3, -0.25) is 0 Å². The van der Waals surface area contributed by atoms with Crippen molar-refractivity contribution in [3.05, 3.63) is 23.9 Å². The number of hydrogen-bond donors (Lipinski definition) is 2. The van der Waals surface area contributed by atoms with Gasteiger partial charge in [-0.2, -0.15) is 21.4 Å². The molecule has 6 heteroatoms. The van der Waals surface area contributed by atoms with Crippen LogP contribution in [0.1, 0.15) is 5.56 Å². The quantitative estimate of drug-likeness (QED) is 0.580. The average molecular weight is 234 g/mol. The number of hydrogen-bond acceptors (Lipinski definition) is 4. The van der Waals surface area contributed by atoms with E-state index in [0.29, 0.717) is 6.54 Å². The molecule has 0 saturated heterocycles. The molecule has 0 spiro atoms. The van der Waals surface area contributed by atoms with Gasteiger partial charge in [0.1, 0.15) is 0 Å². The minimum absolute atomic E-state index is 0.0667. The highest BCUT2D eigenvalue weighted by atomic mass is 32.1. The largest absolute Gasteiger partial charge is 0.417 e. The second-order valence-electron chi connectivity index (χ2n) is 2.78. The lowest BCUT2D eigenvalue weighted by Gasteiger charge is -2.05. The summed E-state index contributed by atoms with van der Waals surface area (Å²) in [5.41, 5.74) is 0.915. The highest BCUT2D eigenvalue weighted by Crippen LogP contribution is 2.10. The highest BCUT2D eigenvalue weighted by molar-refractivity contribution is 7.80. The second kappa shape index (κ2) is 6.58. The van der Waals surface area contributed by atoms with E-state index in [4.69, 9.17) is 0 Å². The lowest BCUT2D eigenvalue weighted by atomic mass is 10.3. The van der Waals surface area contributed by atoms with E-state index >= 15 is 0 Å². The Morgan fingerprint density at radius 2 is 2.27 bits per heavy atom. The Bertz CT molecular complexity index is 282. The van der Waals surface area contributed by atoms with Crippen LogP contribution in [0.3, 0.4) is 0 Å². The van der Waals surface area contributed by atoms with Crippen LogP contribution in [0.5, 0.6) is 5.88 Å². The van der Waals surface area contributed by atoms with E-state index in [1.54, 1.807) is 6.07 Å². The average Bonchev–Trinajstić information content (AvgIpc) is 2.20. The monoisotopic (exact) mass is 234 g/mol. The molecule has 0 aromatic carbocycles. The van der Waals surface area contributed by atoms with Gasteiger partial charge < -0.3 is 10.1 Å². The summed E-state index contributed by atoms with van der Waals surface area (Å²) in [6.45, 7) is -1.40. The van der Waals surface area contributed by atoms with Crippen molar-refractivity contribution in [1.82, 2.24) is 10.3 Å². The Morgan fingerprint density at radius 3 is 2.80 bits per heavy atom. The fourth-order valence-electron chi connectivity index (χ4n) is 0.988. The van der Waals surface area contributed by atoms with Crippen LogP contribution in [0.4, 0.5) is 8.78 Å². The third kappa shape index (κ3) is 4.94. The Kier molecular flexibility index (Phi) is 5.34. The molecular weight excluding hydrogens is 222 g/mol. The van der Waals surface area contributed by atoms with Gasteiger partial charge in [-0.25, -0.2) is 4.98 Å². The number of pyridine rings is 1. The van der Waals surface area contributed by atoms with E-state index < -0.39 is 6.61 Å². The van der Waals surface area contributed by atoms with E-state index in [1.165, 1.54) is 12.3 Å². The SMILES string of the molecule is FC(F)Oc1ccc(CNCCS)cn1. The zero-order valence-corrected chi connectivity index (χ0v) is 8.88. The van der Waals surface area contributed by atoms with Gasteiger partial charge >= 0.3 is 6.61 Å². The first-order valence-corrected chi connectivity index (χ1v) is 5.07. The highest BCUT2D eigenvalue weighted by Gasteiger charge is 2.04. The number of nitrogens with one attached hydrogen (secondary N) is 1. The predicted molar refractivity (Wildman–Crippen MR) is 56.4 cm³/mol. The smallest absolute Gasteiger partial charge is 0.388 e. The molecule has 0 amide bonds. The van der Waals surface area contributed by atoms with Gasteiger partial charge in [0.25, 0.3) is 0 Å². The molecule has 1 heterocycles. The van der Waals surface area contributed by atoms with Crippen molar-refractivity contribution in [3.63, 3.8) is 0 Å². The molecule has 0 radical (unpaired) electrons. The van der Waals surface area contributed by atoms with Gasteiger partial charge in [-0.05, 0) is 5.56 Å². The molecular formula is C9H12F2N2OS. The molecule has 0 aliphatic carbocycles. The first kappa shape index (κ1) is 12.2. The summed E-state index contributed by atoms with van der Waals surface area (Å²) in [4.78, 5) is 3.74. The van der Waals surface area contributed by atoms with Crippen LogP contribution in [0, 0.1) is 0 Å². The minimum Gasteiger partial charge on any atom is -0.417 e. The van der Waals surface area contributed by atoms with E-state index in [2.05, 4.69) is 27.7 Å². The van der Waals surface area contributed by atoms with Crippen LogP contribution in [0.15, 0.2) is 18.3 Å². The Morgan fingerprint density at radius 1 is 1.47 bits per heavy atom. The van der Waals surface area contributed by atoms with E-state index in [9.17, 15) is 8.78 Å². The lowest BCUT2D eigenvalue weighted by molar-refractivity contribution is -0.0528. The van der Waals surface area contributed by atoms with E-state index in [1.807, 2.05) is 0 Å². The summed E-state index contributed by atoms with van der Waals surface area (Å²) in [7, 11) is 0. The molecule has 0 fully saturated rings. The zero-order chi connectivity index (χ0) is 11.1. The zero-order valence-electron chi connectivity index (χ0n) is 7.99. The summed E-state index contributed by atoms with van der Waals surface area (Å²) < 4.78 is 27.7. The van der Waals surface area contributed by atoms with E-state index in [0.717, 1.165) is 17.9 Å².